The van der Waals surface area contributed by atoms with Gasteiger partial charge in [-0.3, -0.25) is 38.4 Å². The first-order valence-electron chi connectivity index (χ1n) is 18.6. The van der Waals surface area contributed by atoms with Crippen LogP contribution in [-0.4, -0.2) is 190 Å². The number of amides is 7. The Bertz CT molecular complexity index is 1720. The van der Waals surface area contributed by atoms with Crippen molar-refractivity contribution in [3.05, 3.63) is 35.9 Å². The van der Waals surface area contributed by atoms with Crippen molar-refractivity contribution in [1.29, 1.82) is 0 Å². The largest absolute Gasteiger partial charge is 0.445 e. The number of hydrogen-bond donors (Lipinski definition) is 3. The van der Waals surface area contributed by atoms with Crippen LogP contribution < -0.4 is 16.0 Å². The second-order valence-electron chi connectivity index (χ2n) is 13.8. The molecular weight excluding hydrogens is 895 g/mol. The number of carbonyl (C=O) groups excluding carboxylic acids is 9. The van der Waals surface area contributed by atoms with Crippen LogP contribution in [0.3, 0.4) is 0 Å². The zero-order valence-corrected chi connectivity index (χ0v) is 39.4. The zero-order chi connectivity index (χ0) is 44.5. The Hall–Kier alpha value is -3.25. The molecule has 2 aliphatic heterocycles. The molecule has 1 aromatic carbocycles. The van der Waals surface area contributed by atoms with Crippen molar-refractivity contribution in [2.45, 2.75) is 43.7 Å². The average Bonchev–Trinajstić information content (AvgIpc) is 3.24. The predicted molar refractivity (Wildman–Crippen MR) is 242 cm³/mol. The van der Waals surface area contributed by atoms with Crippen molar-refractivity contribution in [2.75, 3.05) is 88.3 Å². The number of ether oxygens (including phenoxy) is 1. The van der Waals surface area contributed by atoms with E-state index in [2.05, 4.69) is 16.0 Å². The molecule has 0 unspecified atom stereocenters. The minimum atomic E-state index is -1.38. The highest BCUT2D eigenvalue weighted by Gasteiger charge is 2.39. The molecule has 2 heterocycles. The van der Waals surface area contributed by atoms with Crippen LogP contribution in [-0.2, 0) is 49.7 Å². The van der Waals surface area contributed by atoms with E-state index in [1.807, 2.05) is 0 Å². The third kappa shape index (κ3) is 15.0. The number of alkyl carbamates (subject to hydrolysis) is 1. The predicted octanol–water partition coefficient (Wildman–Crippen LogP) is 1.11. The number of likely N-dealkylation sites (N-methyl/N-ethyl adjacent to an activating group) is 4. The third-order valence-corrected chi connectivity index (χ3v) is 15.6. The van der Waals surface area contributed by atoms with Crippen LogP contribution in [0, 0.1) is 5.92 Å². The van der Waals surface area contributed by atoms with Crippen LogP contribution in [0.1, 0.15) is 12.5 Å². The highest BCUT2D eigenvalue weighted by Crippen LogP contribution is 2.28. The van der Waals surface area contributed by atoms with Crippen LogP contribution in [0.25, 0.3) is 0 Å². The quantitative estimate of drug-likeness (QED) is 0.327. The lowest BCUT2D eigenvalue weighted by Crippen LogP contribution is -2.57. The normalized spacial score (nSPS) is 25.7. The van der Waals surface area contributed by atoms with Crippen molar-refractivity contribution < 1.29 is 47.9 Å². The van der Waals surface area contributed by atoms with Gasteiger partial charge in [0.25, 0.3) is 0 Å². The molecular formula is C37H53N7O10S6. The summed E-state index contributed by atoms with van der Waals surface area (Å²) in [5, 5.41) is 6.76. The van der Waals surface area contributed by atoms with E-state index in [0.29, 0.717) is 17.3 Å². The van der Waals surface area contributed by atoms with E-state index in [0.717, 1.165) is 22.6 Å². The molecule has 17 nitrogen and oxygen atoms in total. The zero-order valence-electron chi connectivity index (χ0n) is 34.5. The fourth-order valence-electron chi connectivity index (χ4n) is 5.64. The van der Waals surface area contributed by atoms with Gasteiger partial charge in [-0.25, -0.2) is 4.79 Å². The Kier molecular flexibility index (Phi) is 21.8. The second kappa shape index (κ2) is 25.6. The number of hydrogen-bond acceptors (Lipinski definition) is 16. The van der Waals surface area contributed by atoms with E-state index in [1.165, 1.54) is 82.1 Å². The van der Waals surface area contributed by atoms with Gasteiger partial charge >= 0.3 is 6.09 Å². The van der Waals surface area contributed by atoms with Crippen molar-refractivity contribution in [3.63, 3.8) is 0 Å². The highest BCUT2D eigenvalue weighted by atomic mass is 33.1. The minimum Gasteiger partial charge on any atom is -0.445 e. The number of carbonyl (C=O) groups is 9. The van der Waals surface area contributed by atoms with Gasteiger partial charge in [-0.1, -0.05) is 82.4 Å². The lowest BCUT2D eigenvalue weighted by Gasteiger charge is -2.35. The molecule has 23 heteroatoms. The molecule has 3 rings (SSSR count). The SMILES string of the molecule is CSC[C@H]1C(=O)SC[C@@H](NC(=O)OCc2ccccc2)C(=O)NCC(=O)N(C)[C@H]2CSSC[C@@H](C(=O)N1C)N(C)C(=O)CNC(=O)[C@H](C)CSC(=O)[C@H](CSC)N(C)C2=O. The molecule has 0 aromatic heterocycles. The minimum absolute atomic E-state index is 0.000465. The van der Waals surface area contributed by atoms with Gasteiger partial charge in [0.2, 0.25) is 45.7 Å². The number of benzene rings is 1. The fraction of sp³-hybridized carbons (Fsp3) is 0.595. The Labute approximate surface area is 375 Å². The van der Waals surface area contributed by atoms with Crippen molar-refractivity contribution in [3.8, 4) is 0 Å². The lowest BCUT2D eigenvalue weighted by molar-refractivity contribution is -0.145. The third-order valence-electron chi connectivity index (χ3n) is 9.62. The van der Waals surface area contributed by atoms with Gasteiger partial charge in [0, 0.05) is 68.6 Å². The van der Waals surface area contributed by atoms with Crippen LogP contribution in [0.4, 0.5) is 4.79 Å². The first-order chi connectivity index (χ1) is 28.5. The Morgan fingerprint density at radius 1 is 0.700 bits per heavy atom. The van der Waals surface area contributed by atoms with Gasteiger partial charge in [0.1, 0.15) is 36.8 Å². The summed E-state index contributed by atoms with van der Waals surface area (Å²) in [6.45, 7) is 0.487. The number of rotatable bonds is 7. The highest BCUT2D eigenvalue weighted by molar-refractivity contribution is 8.76. The summed E-state index contributed by atoms with van der Waals surface area (Å²) < 4.78 is 5.33. The monoisotopic (exact) mass is 947 g/mol. The Morgan fingerprint density at radius 2 is 1.17 bits per heavy atom. The van der Waals surface area contributed by atoms with Gasteiger partial charge in [-0.05, 0) is 18.1 Å². The maximum Gasteiger partial charge on any atom is 0.408 e. The molecule has 332 valence electrons. The molecule has 2 bridgehead atoms. The number of nitrogens with one attached hydrogen (secondary N) is 3. The van der Waals surface area contributed by atoms with E-state index in [1.54, 1.807) is 49.8 Å². The average molecular weight is 948 g/mol. The summed E-state index contributed by atoms with van der Waals surface area (Å²) in [7, 11) is 8.07. The summed E-state index contributed by atoms with van der Waals surface area (Å²) in [6.07, 6.45) is 2.58. The molecule has 3 N–H and O–H groups in total. The van der Waals surface area contributed by atoms with Gasteiger partial charge in [0.15, 0.2) is 0 Å². The van der Waals surface area contributed by atoms with Gasteiger partial charge in [-0.15, -0.1) is 0 Å². The molecule has 2 fully saturated rings. The molecule has 0 saturated carbocycles. The molecule has 0 spiro atoms. The molecule has 2 aliphatic rings. The first kappa shape index (κ1) is 51.1. The van der Waals surface area contributed by atoms with Gasteiger partial charge in [-0.2, -0.15) is 23.5 Å². The van der Waals surface area contributed by atoms with Crippen LogP contribution in [0.15, 0.2) is 30.3 Å². The summed E-state index contributed by atoms with van der Waals surface area (Å²) in [5.74, 6) is -4.24. The molecule has 1 aromatic rings. The molecule has 60 heavy (non-hydrogen) atoms. The standard InChI is InChI=1S/C37H53N7O10S6/c1-22-16-57-35(51)27(18-55-6)43(4)33(49)26-21-60-59-20-25(41(2)29(45)13-38-31(22)47)34(50)44(5)28(19-56-7)36(52)58-17-24(32(48)39-14-30(46)42(26)3)40-37(53)54-15-23-11-9-8-10-12-23/h8-12,22,24-28H,13-21H2,1-7H3,(H,38,47)(H,39,48)(H,40,53)/t22-,24-,25+,26+,27+,28+/m1/s1. The van der Waals surface area contributed by atoms with E-state index >= 15 is 0 Å². The summed E-state index contributed by atoms with van der Waals surface area (Å²) in [6, 6.07) is 3.22. The molecule has 0 aliphatic carbocycles. The lowest BCUT2D eigenvalue weighted by atomic mass is 10.2. The van der Waals surface area contributed by atoms with Crippen molar-refractivity contribution >= 4 is 120 Å². The van der Waals surface area contributed by atoms with E-state index in [4.69, 9.17) is 4.74 Å². The summed E-state index contributed by atoms with van der Waals surface area (Å²) >= 11 is 4.23. The number of thioether (sulfide) groups is 4. The van der Waals surface area contributed by atoms with Crippen molar-refractivity contribution in [2.24, 2.45) is 5.92 Å². The number of fused-ring (bicyclic) bond motifs is 5. The molecule has 7 amide bonds. The van der Waals surface area contributed by atoms with Crippen LogP contribution in [0.5, 0.6) is 0 Å². The smallest absolute Gasteiger partial charge is 0.408 e. The van der Waals surface area contributed by atoms with E-state index < -0.39 is 95.9 Å². The number of nitrogens with zero attached hydrogens (tertiary/aromatic N) is 4. The molecule has 6 atom stereocenters. The molecule has 0 radical (unpaired) electrons. The second-order valence-corrected chi connectivity index (χ2v) is 20.2. The summed E-state index contributed by atoms with van der Waals surface area (Å²) in [5.41, 5.74) is 0.690. The molecule has 2 saturated heterocycles. The Balaban J connectivity index is 2.07. The van der Waals surface area contributed by atoms with E-state index in [9.17, 15) is 43.2 Å². The van der Waals surface area contributed by atoms with Crippen LogP contribution >= 0.6 is 68.6 Å². The fourth-order valence-corrected chi connectivity index (χ4v) is 11.8. The first-order valence-corrected chi connectivity index (χ1v) is 25.9. The van der Waals surface area contributed by atoms with Gasteiger partial charge in [0.05, 0.1) is 13.1 Å². The topological polar surface area (TPSA) is 212 Å². The Morgan fingerprint density at radius 3 is 1.65 bits per heavy atom. The van der Waals surface area contributed by atoms with E-state index in [-0.39, 0.29) is 46.2 Å². The van der Waals surface area contributed by atoms with Crippen molar-refractivity contribution in [1.82, 2.24) is 35.6 Å². The van der Waals surface area contributed by atoms with Gasteiger partial charge < -0.3 is 40.3 Å². The summed E-state index contributed by atoms with van der Waals surface area (Å²) in [4.78, 5) is 128. The maximum atomic E-state index is 14.4. The maximum absolute atomic E-state index is 14.4. The van der Waals surface area contributed by atoms with Crippen LogP contribution in [0.2, 0.25) is 0 Å².